The second kappa shape index (κ2) is 12.9. The van der Waals surface area contributed by atoms with Crippen molar-refractivity contribution in [1.29, 1.82) is 0 Å². The van der Waals surface area contributed by atoms with E-state index in [9.17, 15) is 16.8 Å². The third-order valence-corrected chi connectivity index (χ3v) is 11.9. The molecule has 2 fully saturated rings. The van der Waals surface area contributed by atoms with Crippen molar-refractivity contribution >= 4 is 20.0 Å². The summed E-state index contributed by atoms with van der Waals surface area (Å²) in [5.41, 5.74) is 0.474. The summed E-state index contributed by atoms with van der Waals surface area (Å²) in [6, 6.07) is 7.02. The minimum atomic E-state index is -3.71. The van der Waals surface area contributed by atoms with E-state index in [4.69, 9.17) is 0 Å². The normalized spacial score (nSPS) is 23.0. The summed E-state index contributed by atoms with van der Waals surface area (Å²) in [4.78, 5) is 2.76. The lowest BCUT2D eigenvalue weighted by Gasteiger charge is -2.38. The highest BCUT2D eigenvalue weighted by Gasteiger charge is 2.36. The van der Waals surface area contributed by atoms with Crippen molar-refractivity contribution in [3.05, 3.63) is 29.8 Å². The van der Waals surface area contributed by atoms with E-state index in [1.807, 2.05) is 32.9 Å². The Morgan fingerprint density at radius 1 is 0.811 bits per heavy atom. The zero-order valence-corrected chi connectivity index (χ0v) is 25.3. The first-order chi connectivity index (χ1) is 17.3. The number of hydrogen-bond donors (Lipinski definition) is 0. The van der Waals surface area contributed by atoms with Crippen LogP contribution in [0.2, 0.25) is 0 Å². The Hall–Kier alpha value is -1.00. The third kappa shape index (κ3) is 8.49. The molecule has 0 amide bonds. The summed E-state index contributed by atoms with van der Waals surface area (Å²) in [5.74, 6) is 0.684. The number of benzene rings is 1. The van der Waals surface area contributed by atoms with Gasteiger partial charge in [0.05, 0.1) is 10.1 Å². The molecule has 0 bridgehead atoms. The molecule has 0 N–H and O–H groups in total. The lowest BCUT2D eigenvalue weighted by molar-refractivity contribution is 0.162. The molecule has 9 heteroatoms. The van der Waals surface area contributed by atoms with Crippen LogP contribution in [0.15, 0.2) is 29.2 Å². The van der Waals surface area contributed by atoms with Gasteiger partial charge in [0.25, 0.3) is 0 Å². The van der Waals surface area contributed by atoms with Crippen LogP contribution in [0.25, 0.3) is 0 Å². The molecule has 37 heavy (non-hydrogen) atoms. The molecule has 3 rings (SSSR count). The summed E-state index contributed by atoms with van der Waals surface area (Å²) in [6.07, 6.45) is 7.97. The van der Waals surface area contributed by atoms with E-state index >= 15 is 0 Å². The number of hydrogen-bond acceptors (Lipinski definition) is 5. The van der Waals surface area contributed by atoms with Crippen molar-refractivity contribution in [1.82, 2.24) is 13.5 Å². The molecule has 0 radical (unpaired) electrons. The summed E-state index contributed by atoms with van der Waals surface area (Å²) in [6.45, 7) is 13.5. The van der Waals surface area contributed by atoms with Gasteiger partial charge in [0.1, 0.15) is 0 Å². The molecule has 2 aliphatic rings. The highest BCUT2D eigenvalue weighted by Crippen LogP contribution is 2.28. The minimum Gasteiger partial charge on any atom is -0.303 e. The number of nitrogens with zero attached hydrogens (tertiary/aromatic N) is 3. The van der Waals surface area contributed by atoms with Crippen LogP contribution in [0.5, 0.6) is 0 Å². The van der Waals surface area contributed by atoms with Crippen molar-refractivity contribution in [2.75, 3.05) is 45.8 Å². The molecule has 0 atom stereocenters. The molecule has 1 aromatic carbocycles. The number of aryl methyl sites for hydroxylation is 1. The van der Waals surface area contributed by atoms with Gasteiger partial charge in [-0.2, -0.15) is 4.31 Å². The zero-order valence-electron chi connectivity index (χ0n) is 23.7. The third-order valence-electron chi connectivity index (χ3n) is 7.83. The van der Waals surface area contributed by atoms with Crippen molar-refractivity contribution in [2.45, 2.75) is 89.7 Å². The summed E-state index contributed by atoms with van der Waals surface area (Å²) in [5, 5.41) is -0.512. The van der Waals surface area contributed by atoms with Gasteiger partial charge in [-0.25, -0.2) is 21.1 Å². The average Bonchev–Trinajstić information content (AvgIpc) is 2.82. The zero-order chi connectivity index (χ0) is 27.3. The minimum absolute atomic E-state index is 0.274. The standard InChI is InChI=1S/C28H49N3O4S2/c1-24(2)36(32,33)30-19-9-17-29(21-26-11-7-6-8-12-26)18-10-20-31(23-28(4,5)22-30)37(34,35)27-15-13-25(3)14-16-27/h13-16,24,26H,6-12,17-23H2,1-5H3. The van der Waals surface area contributed by atoms with Gasteiger partial charge in [0.2, 0.25) is 20.0 Å². The smallest absolute Gasteiger partial charge is 0.243 e. The van der Waals surface area contributed by atoms with E-state index in [1.165, 1.54) is 32.1 Å². The molecule has 1 heterocycles. The van der Waals surface area contributed by atoms with Crippen LogP contribution in [0.1, 0.15) is 78.2 Å². The average molecular weight is 556 g/mol. The highest BCUT2D eigenvalue weighted by atomic mass is 32.2. The number of rotatable bonds is 6. The molecule has 1 saturated heterocycles. The quantitative estimate of drug-likeness (QED) is 0.507. The van der Waals surface area contributed by atoms with E-state index < -0.39 is 30.7 Å². The highest BCUT2D eigenvalue weighted by molar-refractivity contribution is 7.89. The maximum Gasteiger partial charge on any atom is 0.243 e. The van der Waals surface area contributed by atoms with Crippen LogP contribution in [-0.4, -0.2) is 81.4 Å². The maximum absolute atomic E-state index is 13.8. The van der Waals surface area contributed by atoms with Gasteiger partial charge in [-0.1, -0.05) is 50.8 Å². The second-order valence-electron chi connectivity index (χ2n) is 12.3. The van der Waals surface area contributed by atoms with E-state index in [2.05, 4.69) is 4.90 Å². The van der Waals surface area contributed by atoms with Crippen LogP contribution >= 0.6 is 0 Å². The van der Waals surface area contributed by atoms with Gasteiger partial charge >= 0.3 is 0 Å². The summed E-state index contributed by atoms with van der Waals surface area (Å²) >= 11 is 0. The molecular weight excluding hydrogens is 506 g/mol. The molecule has 1 saturated carbocycles. The van der Waals surface area contributed by atoms with Crippen molar-refractivity contribution in [3.63, 3.8) is 0 Å². The van der Waals surface area contributed by atoms with E-state index in [1.54, 1.807) is 34.6 Å². The first kappa shape index (κ1) is 30.5. The molecule has 7 nitrogen and oxygen atoms in total. The molecular formula is C28H49N3O4S2. The molecule has 1 aliphatic carbocycles. The second-order valence-corrected chi connectivity index (χ2v) is 16.7. The van der Waals surface area contributed by atoms with Gasteiger partial charge in [-0.05, 0) is 83.0 Å². The van der Waals surface area contributed by atoms with Crippen LogP contribution in [-0.2, 0) is 20.0 Å². The van der Waals surface area contributed by atoms with Crippen molar-refractivity contribution in [2.24, 2.45) is 11.3 Å². The van der Waals surface area contributed by atoms with Crippen LogP contribution in [0.4, 0.5) is 0 Å². The summed E-state index contributed by atoms with van der Waals surface area (Å²) < 4.78 is 57.4. The monoisotopic (exact) mass is 555 g/mol. The molecule has 0 aromatic heterocycles. The summed E-state index contributed by atoms with van der Waals surface area (Å²) in [7, 11) is -7.17. The molecule has 0 spiro atoms. The van der Waals surface area contributed by atoms with Crippen LogP contribution in [0, 0.1) is 18.3 Å². The Labute approximate surface area is 226 Å². The van der Waals surface area contributed by atoms with Crippen LogP contribution in [0.3, 0.4) is 0 Å². The van der Waals surface area contributed by atoms with E-state index in [-0.39, 0.29) is 6.54 Å². The predicted molar refractivity (Wildman–Crippen MR) is 152 cm³/mol. The molecule has 212 valence electrons. The maximum atomic E-state index is 13.8. The van der Waals surface area contributed by atoms with E-state index in [0.717, 1.165) is 38.0 Å². The predicted octanol–water partition coefficient (Wildman–Crippen LogP) is 4.73. The fourth-order valence-electron chi connectivity index (χ4n) is 5.71. The number of sulfonamides is 2. The lowest BCUT2D eigenvalue weighted by atomic mass is 9.89. The fraction of sp³-hybridized carbons (Fsp3) is 0.786. The Balaban J connectivity index is 1.89. The van der Waals surface area contributed by atoms with Gasteiger partial charge in [-0.15, -0.1) is 0 Å². The first-order valence-electron chi connectivity index (χ1n) is 14.1. The Bertz CT molecular complexity index is 1060. The molecule has 1 aliphatic heterocycles. The van der Waals surface area contributed by atoms with Gasteiger partial charge in [0.15, 0.2) is 0 Å². The molecule has 1 aromatic rings. The Kier molecular flexibility index (Phi) is 10.6. The van der Waals surface area contributed by atoms with E-state index in [0.29, 0.717) is 30.4 Å². The first-order valence-corrected chi connectivity index (χ1v) is 17.0. The fourth-order valence-corrected chi connectivity index (χ4v) is 8.89. The van der Waals surface area contributed by atoms with Gasteiger partial charge in [0, 0.05) is 32.7 Å². The van der Waals surface area contributed by atoms with Crippen molar-refractivity contribution in [3.8, 4) is 0 Å². The Morgan fingerprint density at radius 2 is 1.35 bits per heavy atom. The lowest BCUT2D eigenvalue weighted by Crippen LogP contribution is -2.49. The van der Waals surface area contributed by atoms with Gasteiger partial charge in [-0.3, -0.25) is 0 Å². The van der Waals surface area contributed by atoms with Gasteiger partial charge < -0.3 is 4.90 Å². The molecule has 0 unspecified atom stereocenters. The van der Waals surface area contributed by atoms with Crippen molar-refractivity contribution < 1.29 is 16.8 Å². The van der Waals surface area contributed by atoms with Crippen LogP contribution < -0.4 is 0 Å². The SMILES string of the molecule is Cc1ccc(S(=O)(=O)N2CCCN(CC3CCCCC3)CCCN(S(=O)(=O)C(C)C)CC(C)(C)C2)cc1. The topological polar surface area (TPSA) is 78.0 Å². The largest absolute Gasteiger partial charge is 0.303 e. The Morgan fingerprint density at radius 3 is 1.92 bits per heavy atom.